The molecule has 2 atom stereocenters. The molecule has 0 N–H and O–H groups in total. The summed E-state index contributed by atoms with van der Waals surface area (Å²) in [7, 11) is 0. The summed E-state index contributed by atoms with van der Waals surface area (Å²) in [4.78, 5) is 18.4. The van der Waals surface area contributed by atoms with Crippen molar-refractivity contribution in [2.75, 3.05) is 18.0 Å². The first kappa shape index (κ1) is 22.4. The maximum Gasteiger partial charge on any atom is 0.244 e. The summed E-state index contributed by atoms with van der Waals surface area (Å²) < 4.78 is 0. The fourth-order valence-electron chi connectivity index (χ4n) is 5.75. The number of rotatable bonds is 3. The molecule has 4 rings (SSSR count). The fraction of sp³-hybridized carbons (Fsp3) is 0.519. The first-order valence-corrected chi connectivity index (χ1v) is 11.9. The highest BCUT2D eigenvalue weighted by Gasteiger charge is 2.48. The SMILES string of the molecule is CC1CCN([C@@H](C)C(=O)N2c3ccccc3[C@@](C)(c3ccc(Cl)cc3)CC2(C)C)CC1. The van der Waals surface area contributed by atoms with Crippen molar-refractivity contribution in [1.29, 1.82) is 0 Å². The molecule has 0 aromatic heterocycles. The zero-order valence-corrected chi connectivity index (χ0v) is 20.2. The lowest BCUT2D eigenvalue weighted by atomic mass is 9.65. The first-order valence-electron chi connectivity index (χ1n) is 11.6. The maximum atomic E-state index is 13.9. The highest BCUT2D eigenvalue weighted by atomic mass is 35.5. The topological polar surface area (TPSA) is 23.6 Å². The molecular formula is C27H35ClN2O. The van der Waals surface area contributed by atoms with Crippen molar-refractivity contribution in [2.24, 2.45) is 5.92 Å². The molecule has 2 aromatic rings. The van der Waals surface area contributed by atoms with Gasteiger partial charge in [0.15, 0.2) is 0 Å². The number of para-hydroxylation sites is 1. The number of likely N-dealkylation sites (tertiary alicyclic amines) is 1. The molecule has 3 nitrogen and oxygen atoms in total. The quantitative estimate of drug-likeness (QED) is 0.562. The molecule has 1 saturated heterocycles. The van der Waals surface area contributed by atoms with Gasteiger partial charge in [-0.15, -0.1) is 0 Å². The van der Waals surface area contributed by atoms with Crippen LogP contribution in [0, 0.1) is 5.92 Å². The van der Waals surface area contributed by atoms with Crippen LogP contribution in [0.2, 0.25) is 5.02 Å². The maximum absolute atomic E-state index is 13.9. The van der Waals surface area contributed by atoms with E-state index in [1.54, 1.807) is 0 Å². The van der Waals surface area contributed by atoms with Crippen molar-refractivity contribution >= 4 is 23.2 Å². The van der Waals surface area contributed by atoms with E-state index in [2.05, 4.69) is 80.8 Å². The Bertz CT molecular complexity index is 946. The lowest BCUT2D eigenvalue weighted by Crippen LogP contribution is -2.60. The van der Waals surface area contributed by atoms with Crippen LogP contribution in [0.3, 0.4) is 0 Å². The largest absolute Gasteiger partial charge is 0.305 e. The lowest BCUT2D eigenvalue weighted by Gasteiger charge is -2.52. The van der Waals surface area contributed by atoms with E-state index in [0.717, 1.165) is 36.1 Å². The fourth-order valence-corrected chi connectivity index (χ4v) is 5.88. The van der Waals surface area contributed by atoms with Gasteiger partial charge in [-0.1, -0.05) is 55.8 Å². The van der Waals surface area contributed by atoms with Crippen LogP contribution in [0.25, 0.3) is 0 Å². The molecule has 166 valence electrons. The Hall–Kier alpha value is -1.84. The third-order valence-corrected chi connectivity index (χ3v) is 7.81. The summed E-state index contributed by atoms with van der Waals surface area (Å²) in [6.07, 6.45) is 3.20. The van der Waals surface area contributed by atoms with E-state index in [1.807, 2.05) is 12.1 Å². The summed E-state index contributed by atoms with van der Waals surface area (Å²) in [6.45, 7) is 13.1. The van der Waals surface area contributed by atoms with Crippen molar-refractivity contribution in [3.63, 3.8) is 0 Å². The normalized spacial score (nSPS) is 25.2. The number of fused-ring (bicyclic) bond motifs is 1. The number of hydrogen-bond acceptors (Lipinski definition) is 2. The molecule has 2 aliphatic heterocycles. The van der Waals surface area contributed by atoms with Crippen LogP contribution < -0.4 is 4.90 Å². The zero-order valence-electron chi connectivity index (χ0n) is 19.5. The number of carbonyl (C=O) groups is 1. The average molecular weight is 439 g/mol. The molecule has 1 fully saturated rings. The van der Waals surface area contributed by atoms with Crippen molar-refractivity contribution in [1.82, 2.24) is 4.90 Å². The molecule has 2 aromatic carbocycles. The summed E-state index contributed by atoms with van der Waals surface area (Å²) in [6, 6.07) is 16.5. The third kappa shape index (κ3) is 4.03. The number of nitrogens with zero attached hydrogens (tertiary/aromatic N) is 2. The van der Waals surface area contributed by atoms with Gasteiger partial charge in [0.2, 0.25) is 5.91 Å². The van der Waals surface area contributed by atoms with Crippen molar-refractivity contribution in [2.45, 2.75) is 70.9 Å². The Morgan fingerprint density at radius 3 is 2.29 bits per heavy atom. The summed E-state index contributed by atoms with van der Waals surface area (Å²) in [5.74, 6) is 0.968. The Kier molecular flexibility index (Phi) is 5.95. The van der Waals surface area contributed by atoms with E-state index in [1.165, 1.54) is 24.0 Å². The number of carbonyl (C=O) groups excluding carboxylic acids is 1. The molecular weight excluding hydrogens is 404 g/mol. The van der Waals surface area contributed by atoms with Gasteiger partial charge in [0.05, 0.1) is 6.04 Å². The van der Waals surface area contributed by atoms with Gasteiger partial charge in [0.25, 0.3) is 0 Å². The van der Waals surface area contributed by atoms with E-state index in [9.17, 15) is 4.79 Å². The van der Waals surface area contributed by atoms with E-state index >= 15 is 0 Å². The lowest BCUT2D eigenvalue weighted by molar-refractivity contribution is -0.125. The van der Waals surface area contributed by atoms with Gasteiger partial charge in [-0.2, -0.15) is 0 Å². The predicted octanol–water partition coefficient (Wildman–Crippen LogP) is 6.28. The Balaban J connectivity index is 1.73. The number of halogens is 1. The van der Waals surface area contributed by atoms with Gasteiger partial charge >= 0.3 is 0 Å². The summed E-state index contributed by atoms with van der Waals surface area (Å²) in [5, 5.41) is 0.747. The number of hydrogen-bond donors (Lipinski definition) is 0. The molecule has 31 heavy (non-hydrogen) atoms. The average Bonchev–Trinajstić information content (AvgIpc) is 2.73. The molecule has 2 aliphatic rings. The molecule has 4 heteroatoms. The molecule has 0 unspecified atom stereocenters. The number of piperidine rings is 1. The molecule has 2 heterocycles. The van der Waals surface area contributed by atoms with Gasteiger partial charge in [-0.05, 0) is 88.4 Å². The van der Waals surface area contributed by atoms with Crippen LogP contribution in [0.1, 0.15) is 65.0 Å². The zero-order chi connectivity index (χ0) is 22.4. The minimum Gasteiger partial charge on any atom is -0.305 e. The Morgan fingerprint density at radius 1 is 1.03 bits per heavy atom. The van der Waals surface area contributed by atoms with E-state index in [4.69, 9.17) is 11.6 Å². The van der Waals surface area contributed by atoms with Crippen molar-refractivity contribution in [3.8, 4) is 0 Å². The second kappa shape index (κ2) is 8.26. The number of amides is 1. The van der Waals surface area contributed by atoms with E-state index in [0.29, 0.717) is 0 Å². The van der Waals surface area contributed by atoms with Crippen LogP contribution in [-0.4, -0.2) is 35.5 Å². The summed E-state index contributed by atoms with van der Waals surface area (Å²) in [5.41, 5.74) is 2.99. The Labute approximate surface area is 192 Å². The monoisotopic (exact) mass is 438 g/mol. The van der Waals surface area contributed by atoms with Crippen LogP contribution in [-0.2, 0) is 10.2 Å². The highest BCUT2D eigenvalue weighted by molar-refractivity contribution is 6.30. The molecule has 0 radical (unpaired) electrons. The summed E-state index contributed by atoms with van der Waals surface area (Å²) >= 11 is 6.18. The standard InChI is InChI=1S/C27H35ClN2O/c1-19-14-16-29(17-15-19)20(2)25(31)30-24-9-7-6-8-23(24)27(5,18-26(30,3)4)21-10-12-22(28)13-11-21/h6-13,19-20H,14-18H2,1-5H3/t20-,27+/m0/s1. The van der Waals surface area contributed by atoms with E-state index < -0.39 is 0 Å². The molecule has 1 amide bonds. The minimum atomic E-state index is -0.308. The van der Waals surface area contributed by atoms with Gasteiger partial charge < -0.3 is 4.90 Å². The van der Waals surface area contributed by atoms with Gasteiger partial charge in [0.1, 0.15) is 0 Å². The first-order chi connectivity index (χ1) is 14.6. The predicted molar refractivity (Wildman–Crippen MR) is 130 cm³/mol. The van der Waals surface area contributed by atoms with Crippen LogP contribution in [0.15, 0.2) is 48.5 Å². The van der Waals surface area contributed by atoms with Crippen LogP contribution in [0.5, 0.6) is 0 Å². The molecule has 0 bridgehead atoms. The smallest absolute Gasteiger partial charge is 0.244 e. The third-order valence-electron chi connectivity index (χ3n) is 7.56. The van der Waals surface area contributed by atoms with Crippen LogP contribution >= 0.6 is 11.6 Å². The van der Waals surface area contributed by atoms with Crippen LogP contribution in [0.4, 0.5) is 5.69 Å². The van der Waals surface area contributed by atoms with Crippen molar-refractivity contribution in [3.05, 3.63) is 64.7 Å². The van der Waals surface area contributed by atoms with Gasteiger partial charge in [-0.25, -0.2) is 0 Å². The van der Waals surface area contributed by atoms with E-state index in [-0.39, 0.29) is 22.9 Å². The second-order valence-corrected chi connectivity index (χ2v) is 10.8. The van der Waals surface area contributed by atoms with Crippen molar-refractivity contribution < 1.29 is 4.79 Å². The highest BCUT2D eigenvalue weighted by Crippen LogP contribution is 2.50. The Morgan fingerprint density at radius 2 is 1.65 bits per heavy atom. The van der Waals surface area contributed by atoms with Gasteiger partial charge in [0, 0.05) is 21.7 Å². The minimum absolute atomic E-state index is 0.111. The number of anilines is 1. The molecule has 0 aliphatic carbocycles. The van der Waals surface area contributed by atoms with Gasteiger partial charge in [-0.3, -0.25) is 9.69 Å². The molecule has 0 saturated carbocycles. The second-order valence-electron chi connectivity index (χ2n) is 10.4. The number of benzene rings is 2. The molecule has 0 spiro atoms.